The molecule has 6 heteroatoms. The maximum absolute atomic E-state index is 6.52. The number of hydrogen-bond donors (Lipinski definition) is 1. The Morgan fingerprint density at radius 2 is 1.80 bits per heavy atom. The lowest BCUT2D eigenvalue weighted by Gasteiger charge is -2.39. The number of aromatic nitrogens is 1. The molecular formula is C24H34N2O3Si. The fourth-order valence-corrected chi connectivity index (χ4v) is 4.34. The number of nitrogens with zero attached hydrogens (tertiary/aromatic N) is 1. The van der Waals surface area contributed by atoms with E-state index in [-0.39, 0.29) is 11.1 Å². The first-order valence-corrected chi connectivity index (χ1v) is 13.5. The highest BCUT2D eigenvalue weighted by Gasteiger charge is 2.39. The molecule has 0 saturated heterocycles. The molecular weight excluding hydrogens is 392 g/mol. The summed E-state index contributed by atoms with van der Waals surface area (Å²) in [6.07, 6.45) is 1.01. The minimum Gasteiger partial charge on any atom is -0.491 e. The summed E-state index contributed by atoms with van der Waals surface area (Å²) in [4.78, 5) is 4.65. The highest BCUT2D eigenvalue weighted by Crippen LogP contribution is 2.37. The average molecular weight is 427 g/mol. The smallest absolute Gasteiger partial charge is 0.227 e. The van der Waals surface area contributed by atoms with E-state index in [0.717, 1.165) is 34.5 Å². The third-order valence-corrected chi connectivity index (χ3v) is 10.5. The van der Waals surface area contributed by atoms with Crippen molar-refractivity contribution < 1.29 is 13.6 Å². The minimum atomic E-state index is -1.82. The Hall–Kier alpha value is -2.31. The Morgan fingerprint density at radius 1 is 1.10 bits per heavy atom. The number of rotatable bonds is 8. The first-order valence-electron chi connectivity index (χ1n) is 10.6. The molecule has 0 saturated carbocycles. The number of oxazole rings is 1. The van der Waals surface area contributed by atoms with Gasteiger partial charge < -0.3 is 18.9 Å². The van der Waals surface area contributed by atoms with Crippen LogP contribution in [0.2, 0.25) is 18.1 Å². The van der Waals surface area contributed by atoms with Crippen molar-refractivity contribution in [2.75, 3.05) is 19.0 Å². The number of hydrogen-bond acceptors (Lipinski definition) is 5. The van der Waals surface area contributed by atoms with Crippen molar-refractivity contribution in [2.24, 2.45) is 0 Å². The van der Waals surface area contributed by atoms with E-state index in [2.05, 4.69) is 51.1 Å². The van der Waals surface area contributed by atoms with Crippen molar-refractivity contribution in [3.8, 4) is 17.2 Å². The molecule has 0 fully saturated rings. The number of nitrogens with one attached hydrogen (secondary N) is 1. The lowest BCUT2D eigenvalue weighted by Crippen LogP contribution is -2.45. The van der Waals surface area contributed by atoms with Crippen LogP contribution in [0.4, 0.5) is 5.69 Å². The molecule has 0 radical (unpaired) electrons. The van der Waals surface area contributed by atoms with E-state index in [1.54, 1.807) is 0 Å². The van der Waals surface area contributed by atoms with Gasteiger partial charge in [0.25, 0.3) is 0 Å². The molecule has 1 aromatic heterocycles. The summed E-state index contributed by atoms with van der Waals surface area (Å²) in [5.74, 6) is 1.39. The molecule has 3 aromatic rings. The molecule has 0 amide bonds. The fraction of sp³-hybridized carbons (Fsp3) is 0.458. The summed E-state index contributed by atoms with van der Waals surface area (Å²) >= 11 is 0. The number of fused-ring (bicyclic) bond motifs is 1. The molecule has 5 nitrogen and oxygen atoms in total. The summed E-state index contributed by atoms with van der Waals surface area (Å²) in [5.41, 5.74) is 3.54. The second-order valence-corrected chi connectivity index (χ2v) is 14.0. The van der Waals surface area contributed by atoms with E-state index in [0.29, 0.717) is 12.5 Å². The zero-order chi connectivity index (χ0) is 21.9. The monoisotopic (exact) mass is 426 g/mol. The first-order chi connectivity index (χ1) is 14.1. The van der Waals surface area contributed by atoms with Crippen LogP contribution in [0.1, 0.15) is 34.1 Å². The molecule has 30 heavy (non-hydrogen) atoms. The van der Waals surface area contributed by atoms with Crippen molar-refractivity contribution in [1.82, 2.24) is 4.98 Å². The van der Waals surface area contributed by atoms with Crippen molar-refractivity contribution in [3.63, 3.8) is 0 Å². The van der Waals surface area contributed by atoms with Crippen molar-refractivity contribution in [1.29, 1.82) is 0 Å². The molecule has 1 atom stereocenters. The van der Waals surface area contributed by atoms with Crippen LogP contribution in [0.25, 0.3) is 22.6 Å². The van der Waals surface area contributed by atoms with E-state index in [4.69, 9.17) is 13.6 Å². The highest BCUT2D eigenvalue weighted by atomic mass is 28.4. The molecule has 0 spiro atoms. The van der Waals surface area contributed by atoms with Crippen molar-refractivity contribution >= 4 is 25.1 Å². The van der Waals surface area contributed by atoms with Gasteiger partial charge in [-0.25, -0.2) is 4.98 Å². The molecule has 2 aromatic carbocycles. The van der Waals surface area contributed by atoms with Gasteiger partial charge >= 0.3 is 0 Å². The molecule has 0 bridgehead atoms. The van der Waals surface area contributed by atoms with Crippen molar-refractivity contribution in [2.45, 2.75) is 58.4 Å². The van der Waals surface area contributed by atoms with E-state index >= 15 is 0 Å². The summed E-state index contributed by atoms with van der Waals surface area (Å²) in [6.45, 7) is 14.0. The summed E-state index contributed by atoms with van der Waals surface area (Å²) in [7, 11) is 0.0755. The molecule has 0 aliphatic rings. The van der Waals surface area contributed by atoms with Crippen LogP contribution in [0.15, 0.2) is 46.9 Å². The van der Waals surface area contributed by atoms with Crippen LogP contribution in [-0.4, -0.2) is 33.1 Å². The Labute approximate surface area is 180 Å². The zero-order valence-corrected chi connectivity index (χ0v) is 20.2. The SMILES string of the molecule is CC[C@@H](COc1ccc2oc(-c3ccc(NC)cc3)nc2c1)O[Si](C)(C)C(C)(C)C. The molecule has 0 aliphatic heterocycles. The molecule has 0 unspecified atom stereocenters. The zero-order valence-electron chi connectivity index (χ0n) is 19.2. The van der Waals surface area contributed by atoms with Gasteiger partial charge in [-0.15, -0.1) is 0 Å². The van der Waals surface area contributed by atoms with E-state index in [1.165, 1.54) is 0 Å². The van der Waals surface area contributed by atoms with Gasteiger partial charge in [-0.05, 0) is 61.0 Å². The van der Waals surface area contributed by atoms with Crippen molar-refractivity contribution in [3.05, 3.63) is 42.5 Å². The Kier molecular flexibility index (Phi) is 6.58. The number of benzene rings is 2. The predicted molar refractivity (Wildman–Crippen MR) is 127 cm³/mol. The van der Waals surface area contributed by atoms with Gasteiger partial charge in [-0.3, -0.25) is 0 Å². The molecule has 1 heterocycles. The van der Waals surface area contributed by atoms with Crippen LogP contribution in [0.3, 0.4) is 0 Å². The lowest BCUT2D eigenvalue weighted by atomic mass is 10.2. The van der Waals surface area contributed by atoms with Gasteiger partial charge in [0.1, 0.15) is 17.9 Å². The standard InChI is InChI=1S/C24H34N2O3Si/c1-8-19(29-30(6,7)24(2,3)4)16-27-20-13-14-22-21(15-20)26-23(28-22)17-9-11-18(25-5)12-10-17/h9-15,19,25H,8,16H2,1-7H3/t19-/m0/s1. The average Bonchev–Trinajstić information content (AvgIpc) is 3.13. The second-order valence-electron chi connectivity index (χ2n) is 9.20. The normalized spacial score (nSPS) is 13.4. The van der Waals surface area contributed by atoms with Crippen LogP contribution >= 0.6 is 0 Å². The van der Waals surface area contributed by atoms with Gasteiger partial charge in [0, 0.05) is 24.4 Å². The minimum absolute atomic E-state index is 0.0835. The molecule has 3 rings (SSSR count). The topological polar surface area (TPSA) is 56.5 Å². The van der Waals surface area contributed by atoms with E-state index in [1.807, 2.05) is 49.5 Å². The van der Waals surface area contributed by atoms with Crippen LogP contribution < -0.4 is 10.1 Å². The van der Waals surface area contributed by atoms with Gasteiger partial charge in [0.05, 0.1) is 6.10 Å². The maximum atomic E-state index is 6.52. The van der Waals surface area contributed by atoms with Gasteiger partial charge in [-0.1, -0.05) is 27.7 Å². The van der Waals surface area contributed by atoms with E-state index < -0.39 is 8.32 Å². The predicted octanol–water partition coefficient (Wildman–Crippen LogP) is 6.72. The van der Waals surface area contributed by atoms with Gasteiger partial charge in [0.2, 0.25) is 5.89 Å². The fourth-order valence-electron chi connectivity index (χ4n) is 2.92. The maximum Gasteiger partial charge on any atom is 0.227 e. The Bertz CT molecular complexity index is 974. The highest BCUT2D eigenvalue weighted by molar-refractivity contribution is 6.74. The van der Waals surface area contributed by atoms with Crippen LogP contribution in [-0.2, 0) is 4.43 Å². The number of anilines is 1. The Morgan fingerprint density at radius 3 is 2.40 bits per heavy atom. The van der Waals surface area contributed by atoms with Crippen LogP contribution in [0.5, 0.6) is 5.75 Å². The number of ether oxygens (including phenoxy) is 1. The lowest BCUT2D eigenvalue weighted by molar-refractivity contribution is 0.112. The summed E-state index contributed by atoms with van der Waals surface area (Å²) in [6, 6.07) is 13.8. The third-order valence-electron chi connectivity index (χ3n) is 5.94. The first kappa shape index (κ1) is 22.4. The van der Waals surface area contributed by atoms with E-state index in [9.17, 15) is 0 Å². The summed E-state index contributed by atoms with van der Waals surface area (Å²) in [5, 5.41) is 3.30. The molecule has 1 N–H and O–H groups in total. The molecule has 162 valence electrons. The van der Waals surface area contributed by atoms with Gasteiger partial charge in [-0.2, -0.15) is 0 Å². The quantitative estimate of drug-likeness (QED) is 0.405. The largest absolute Gasteiger partial charge is 0.491 e. The van der Waals surface area contributed by atoms with Gasteiger partial charge in [0.15, 0.2) is 13.9 Å². The molecule has 0 aliphatic carbocycles. The third kappa shape index (κ3) is 5.05. The summed E-state index contributed by atoms with van der Waals surface area (Å²) < 4.78 is 18.5. The Balaban J connectivity index is 1.70. The second kappa shape index (κ2) is 8.82. The van der Waals surface area contributed by atoms with Crippen LogP contribution in [0, 0.1) is 0 Å².